The molecule has 0 fully saturated rings. The van der Waals surface area contributed by atoms with Gasteiger partial charge in [-0.25, -0.2) is 13.2 Å². The fourth-order valence-electron chi connectivity index (χ4n) is 1.88. The average Bonchev–Trinajstić information content (AvgIpc) is 2.45. The molecule has 0 bridgehead atoms. The molecular formula is C14H11F3N2O2. The zero-order chi connectivity index (χ0) is 15.4. The van der Waals surface area contributed by atoms with E-state index in [1.807, 2.05) is 0 Å². The van der Waals surface area contributed by atoms with Crippen LogP contribution in [-0.4, -0.2) is 11.5 Å². The van der Waals surface area contributed by atoms with Crippen LogP contribution in [0.25, 0.3) is 0 Å². The van der Waals surface area contributed by atoms with Crippen LogP contribution < -0.4 is 5.32 Å². The minimum atomic E-state index is -1.32. The van der Waals surface area contributed by atoms with E-state index < -0.39 is 33.7 Å². The van der Waals surface area contributed by atoms with Crippen LogP contribution in [-0.2, 0) is 6.42 Å². The number of hydrogen-bond acceptors (Lipinski definition) is 3. The van der Waals surface area contributed by atoms with E-state index in [-0.39, 0.29) is 13.0 Å². The van der Waals surface area contributed by atoms with Crippen LogP contribution in [0.5, 0.6) is 0 Å². The molecule has 4 nitrogen and oxygen atoms in total. The maximum absolute atomic E-state index is 13.6. The van der Waals surface area contributed by atoms with Gasteiger partial charge in [-0.05, 0) is 24.1 Å². The SMILES string of the molecule is O=[N+]([O-])c1ccc(F)c(F)c1NCCc1ccccc1F. The molecule has 0 radical (unpaired) electrons. The van der Waals surface area contributed by atoms with Crippen LogP contribution >= 0.6 is 0 Å². The minimum absolute atomic E-state index is 0.0299. The molecule has 21 heavy (non-hydrogen) atoms. The molecular weight excluding hydrogens is 285 g/mol. The Morgan fingerprint density at radius 1 is 1.05 bits per heavy atom. The summed E-state index contributed by atoms with van der Waals surface area (Å²) in [6.07, 6.45) is 0.180. The summed E-state index contributed by atoms with van der Waals surface area (Å²) < 4.78 is 40.1. The van der Waals surface area contributed by atoms with E-state index in [0.29, 0.717) is 11.6 Å². The lowest BCUT2D eigenvalue weighted by molar-refractivity contribution is -0.384. The smallest absolute Gasteiger partial charge is 0.295 e. The van der Waals surface area contributed by atoms with Crippen LogP contribution in [0.4, 0.5) is 24.5 Å². The number of nitro benzene ring substituents is 1. The molecule has 0 aliphatic carbocycles. The highest BCUT2D eigenvalue weighted by Crippen LogP contribution is 2.29. The quantitative estimate of drug-likeness (QED) is 0.676. The maximum atomic E-state index is 13.6. The fourth-order valence-corrected chi connectivity index (χ4v) is 1.88. The first kappa shape index (κ1) is 14.8. The molecule has 110 valence electrons. The lowest BCUT2D eigenvalue weighted by Gasteiger charge is -2.09. The van der Waals surface area contributed by atoms with Gasteiger partial charge in [0.1, 0.15) is 5.82 Å². The summed E-state index contributed by atoms with van der Waals surface area (Å²) >= 11 is 0. The lowest BCUT2D eigenvalue weighted by atomic mass is 10.1. The third-order valence-electron chi connectivity index (χ3n) is 2.92. The van der Waals surface area contributed by atoms with Gasteiger partial charge < -0.3 is 5.32 Å². The Labute approximate surface area is 118 Å². The first-order valence-electron chi connectivity index (χ1n) is 6.10. The summed E-state index contributed by atoms with van der Waals surface area (Å²) in [6.45, 7) is 0.0299. The van der Waals surface area contributed by atoms with Gasteiger partial charge in [0.2, 0.25) is 0 Å². The summed E-state index contributed by atoms with van der Waals surface area (Å²) in [7, 11) is 0. The van der Waals surface area contributed by atoms with Crippen molar-refractivity contribution in [2.75, 3.05) is 11.9 Å². The van der Waals surface area contributed by atoms with Gasteiger partial charge in [0, 0.05) is 12.6 Å². The molecule has 2 aromatic rings. The second kappa shape index (κ2) is 6.25. The molecule has 0 atom stereocenters. The molecule has 0 heterocycles. The molecule has 0 saturated carbocycles. The first-order valence-corrected chi connectivity index (χ1v) is 6.10. The second-order valence-electron chi connectivity index (χ2n) is 4.28. The number of nitrogens with zero attached hydrogens (tertiary/aromatic N) is 1. The van der Waals surface area contributed by atoms with Gasteiger partial charge in [0.05, 0.1) is 4.92 Å². The summed E-state index contributed by atoms with van der Waals surface area (Å²) in [5.41, 5.74) is -0.719. The van der Waals surface area contributed by atoms with Gasteiger partial charge >= 0.3 is 0 Å². The largest absolute Gasteiger partial charge is 0.377 e. The Morgan fingerprint density at radius 3 is 2.43 bits per heavy atom. The number of anilines is 1. The van der Waals surface area contributed by atoms with Gasteiger partial charge in [0.25, 0.3) is 5.69 Å². The highest BCUT2D eigenvalue weighted by Gasteiger charge is 2.21. The van der Waals surface area contributed by atoms with Crippen LogP contribution in [0.3, 0.4) is 0 Å². The molecule has 0 saturated heterocycles. The molecule has 7 heteroatoms. The zero-order valence-electron chi connectivity index (χ0n) is 10.8. The Balaban J connectivity index is 2.15. The molecule has 0 amide bonds. The normalized spacial score (nSPS) is 10.4. The Bertz CT molecular complexity index is 677. The van der Waals surface area contributed by atoms with Gasteiger partial charge in [-0.15, -0.1) is 0 Å². The van der Waals surface area contributed by atoms with Crippen LogP contribution in [0.1, 0.15) is 5.56 Å². The molecule has 0 aliphatic rings. The number of nitrogens with one attached hydrogen (secondary N) is 1. The Morgan fingerprint density at radius 2 is 1.76 bits per heavy atom. The first-order chi connectivity index (χ1) is 10.0. The van der Waals surface area contributed by atoms with E-state index in [9.17, 15) is 23.3 Å². The highest BCUT2D eigenvalue weighted by molar-refractivity contribution is 5.62. The molecule has 0 aliphatic heterocycles. The second-order valence-corrected chi connectivity index (χ2v) is 4.28. The van der Waals surface area contributed by atoms with Crippen molar-refractivity contribution in [1.82, 2.24) is 0 Å². The van der Waals surface area contributed by atoms with Gasteiger partial charge in [0.15, 0.2) is 17.3 Å². The summed E-state index contributed by atoms with van der Waals surface area (Å²) in [4.78, 5) is 9.98. The third kappa shape index (κ3) is 3.31. The van der Waals surface area contributed by atoms with Crippen molar-refractivity contribution in [2.24, 2.45) is 0 Å². The number of nitro groups is 1. The summed E-state index contributed by atoms with van der Waals surface area (Å²) in [5.74, 6) is -2.93. The molecule has 0 aromatic heterocycles. The van der Waals surface area contributed by atoms with E-state index in [4.69, 9.17) is 0 Å². The fraction of sp³-hybridized carbons (Fsp3) is 0.143. The van der Waals surface area contributed by atoms with E-state index in [2.05, 4.69) is 5.32 Å². The monoisotopic (exact) mass is 296 g/mol. The molecule has 2 aromatic carbocycles. The van der Waals surface area contributed by atoms with Crippen molar-refractivity contribution >= 4 is 11.4 Å². The Kier molecular flexibility index (Phi) is 4.42. The minimum Gasteiger partial charge on any atom is -0.377 e. The summed E-state index contributed by atoms with van der Waals surface area (Å²) in [5, 5.41) is 13.2. The Hall–Kier alpha value is -2.57. The number of hydrogen-bond donors (Lipinski definition) is 1. The maximum Gasteiger partial charge on any atom is 0.295 e. The van der Waals surface area contributed by atoms with Crippen LogP contribution in [0.2, 0.25) is 0 Å². The van der Waals surface area contributed by atoms with Crippen LogP contribution in [0.15, 0.2) is 36.4 Å². The highest BCUT2D eigenvalue weighted by atomic mass is 19.2. The average molecular weight is 296 g/mol. The van der Waals surface area contributed by atoms with Gasteiger partial charge in [-0.3, -0.25) is 10.1 Å². The number of halogens is 3. The van der Waals surface area contributed by atoms with E-state index in [1.165, 1.54) is 12.1 Å². The van der Waals surface area contributed by atoms with Crippen molar-refractivity contribution in [3.63, 3.8) is 0 Å². The number of rotatable bonds is 5. The lowest BCUT2D eigenvalue weighted by Crippen LogP contribution is -2.10. The third-order valence-corrected chi connectivity index (χ3v) is 2.92. The molecule has 0 spiro atoms. The van der Waals surface area contributed by atoms with Gasteiger partial charge in [-0.2, -0.15) is 0 Å². The topological polar surface area (TPSA) is 55.2 Å². The zero-order valence-corrected chi connectivity index (χ0v) is 10.8. The standard InChI is InChI=1S/C14H11F3N2O2/c15-10-4-2-1-3-9(10)7-8-18-14-12(19(20)21)6-5-11(16)13(14)17/h1-6,18H,7-8H2. The predicted octanol–water partition coefficient (Wildman–Crippen LogP) is 3.67. The molecule has 1 N–H and O–H groups in total. The van der Waals surface area contributed by atoms with E-state index >= 15 is 0 Å². The van der Waals surface area contributed by atoms with Crippen LogP contribution in [0, 0.1) is 27.6 Å². The van der Waals surface area contributed by atoms with Crippen molar-refractivity contribution in [2.45, 2.75) is 6.42 Å². The van der Waals surface area contributed by atoms with Crippen molar-refractivity contribution < 1.29 is 18.1 Å². The predicted molar refractivity (Wildman–Crippen MR) is 71.6 cm³/mol. The van der Waals surface area contributed by atoms with Crippen molar-refractivity contribution in [1.29, 1.82) is 0 Å². The van der Waals surface area contributed by atoms with E-state index in [0.717, 1.165) is 6.07 Å². The summed E-state index contributed by atoms with van der Waals surface area (Å²) in [6, 6.07) is 7.57. The van der Waals surface area contributed by atoms with Gasteiger partial charge in [-0.1, -0.05) is 18.2 Å². The van der Waals surface area contributed by atoms with Crippen molar-refractivity contribution in [3.8, 4) is 0 Å². The molecule has 0 unspecified atom stereocenters. The number of benzene rings is 2. The molecule has 2 rings (SSSR count). The van der Waals surface area contributed by atoms with E-state index in [1.54, 1.807) is 12.1 Å². The van der Waals surface area contributed by atoms with Crippen molar-refractivity contribution in [3.05, 3.63) is 69.5 Å².